The highest BCUT2D eigenvalue weighted by atomic mass is 16.2. The first-order valence-electron chi connectivity index (χ1n) is 28.7. The lowest BCUT2D eigenvalue weighted by Crippen LogP contribution is -2.26. The van der Waals surface area contributed by atoms with Gasteiger partial charge < -0.3 is 4.79 Å². The Morgan fingerprint density at radius 1 is 0.455 bits per heavy atom. The van der Waals surface area contributed by atoms with Crippen molar-refractivity contribution in [2.75, 3.05) is 0 Å². The van der Waals surface area contributed by atoms with Gasteiger partial charge in [-0.1, -0.05) is 273 Å². The lowest BCUT2D eigenvalue weighted by atomic mass is 9.82. The van der Waals surface area contributed by atoms with Crippen LogP contribution in [0.15, 0.2) is 60.7 Å². The Balaban J connectivity index is -0.000000400. The topological polar surface area (TPSA) is 137 Å². The van der Waals surface area contributed by atoms with E-state index in [1.165, 1.54) is 25.7 Å². The highest BCUT2D eigenvalue weighted by Crippen LogP contribution is 2.33. The highest BCUT2D eigenvalue weighted by molar-refractivity contribution is 5.99. The van der Waals surface area contributed by atoms with Gasteiger partial charge in [0.05, 0.1) is 0 Å². The highest BCUT2D eigenvalue weighted by Gasteiger charge is 2.32. The van der Waals surface area contributed by atoms with Gasteiger partial charge in [-0.25, -0.2) is 0 Å². The van der Waals surface area contributed by atoms with Crippen molar-refractivity contribution < 1.29 is 38.4 Å². The first-order chi connectivity index (χ1) is 34.4. The van der Waals surface area contributed by atoms with Crippen LogP contribution in [0.1, 0.15) is 268 Å². The molecule has 8 heteroatoms. The molecule has 0 aliphatic heterocycles. The summed E-state index contributed by atoms with van der Waals surface area (Å²) in [6, 6.07) is 19.3. The second-order valence-corrected chi connectivity index (χ2v) is 29.6. The summed E-state index contributed by atoms with van der Waals surface area (Å²) in [6.07, 6.45) is 11.7. The SMILES string of the molecule is CC(=O)C(C)(C)C.CC(C)(C)C(=O)C1CCCC1.CC(C)(C)C(=O)C1CCCC1.CC(C)(C)C(=O)Cc1ccccc1.CC(C)(C)C(=O)c1ccccc1.CC(C)(C)C=O.CC(C)C(=O)C(C)(C)C.CCC(=O)C(C)(C)C. The lowest BCUT2D eigenvalue weighted by molar-refractivity contribution is -0.130. The predicted molar refractivity (Wildman–Crippen MR) is 327 cm³/mol. The van der Waals surface area contributed by atoms with E-state index in [-0.39, 0.29) is 60.8 Å². The molecule has 4 rings (SSSR count). The fourth-order valence-electron chi connectivity index (χ4n) is 7.07. The predicted octanol–water partition coefficient (Wildman–Crippen LogP) is 18.5. The summed E-state index contributed by atoms with van der Waals surface area (Å²) in [7, 11) is 0. The molecule has 2 aromatic carbocycles. The lowest BCUT2D eigenvalue weighted by Gasteiger charge is -2.20. The largest absolute Gasteiger partial charge is 0.303 e. The summed E-state index contributed by atoms with van der Waals surface area (Å²) in [5.74, 6) is 3.27. The normalized spacial score (nSPS) is 14.1. The van der Waals surface area contributed by atoms with Crippen LogP contribution in [0, 0.1) is 61.1 Å². The molecule has 0 saturated heterocycles. The van der Waals surface area contributed by atoms with E-state index in [0.717, 1.165) is 43.1 Å². The number of hydrogen-bond acceptors (Lipinski definition) is 8. The molecule has 0 bridgehead atoms. The van der Waals surface area contributed by atoms with E-state index in [9.17, 15) is 38.4 Å². The van der Waals surface area contributed by atoms with E-state index >= 15 is 0 Å². The smallest absolute Gasteiger partial charge is 0.168 e. The molecule has 0 amide bonds. The van der Waals surface area contributed by atoms with Gasteiger partial charge in [-0.15, -0.1) is 0 Å². The molecule has 0 N–H and O–H groups in total. The quantitative estimate of drug-likeness (QED) is 0.197. The minimum atomic E-state index is -0.276. The van der Waals surface area contributed by atoms with Gasteiger partial charge in [-0.2, -0.15) is 0 Å². The molecule has 2 saturated carbocycles. The van der Waals surface area contributed by atoms with Crippen LogP contribution in [-0.2, 0) is 40.0 Å². The van der Waals surface area contributed by atoms with Crippen LogP contribution in [0.2, 0.25) is 0 Å². The maximum Gasteiger partial charge on any atom is 0.168 e. The van der Waals surface area contributed by atoms with Crippen molar-refractivity contribution in [3.8, 4) is 0 Å². The van der Waals surface area contributed by atoms with Crippen molar-refractivity contribution in [3.63, 3.8) is 0 Å². The Kier molecular flexibility index (Phi) is 36.5. The minimum absolute atomic E-state index is 0.116. The van der Waals surface area contributed by atoms with E-state index in [0.29, 0.717) is 53.6 Å². The third kappa shape index (κ3) is 40.6. The van der Waals surface area contributed by atoms with Gasteiger partial charge in [0.2, 0.25) is 0 Å². The van der Waals surface area contributed by atoms with Crippen molar-refractivity contribution in [3.05, 3.63) is 71.8 Å². The summed E-state index contributed by atoms with van der Waals surface area (Å²) in [5.41, 5.74) is 0.594. The van der Waals surface area contributed by atoms with E-state index in [4.69, 9.17) is 0 Å². The third-order valence-electron chi connectivity index (χ3n) is 12.5. The van der Waals surface area contributed by atoms with E-state index in [1.54, 1.807) is 6.92 Å². The fraction of sp³-hybridized carbons (Fsp3) is 0.710. The number of rotatable bonds is 7. The number of aldehydes is 1. The first-order valence-corrected chi connectivity index (χ1v) is 28.7. The zero-order valence-corrected chi connectivity index (χ0v) is 54.9. The summed E-state index contributed by atoms with van der Waals surface area (Å²) in [4.78, 5) is 88.9. The molecular formula is C69H118O8. The maximum absolute atomic E-state index is 11.7. The Labute approximate surface area is 474 Å². The molecular weight excluding hydrogens is 957 g/mol. The minimum Gasteiger partial charge on any atom is -0.303 e. The molecule has 2 aromatic rings. The van der Waals surface area contributed by atoms with Crippen molar-refractivity contribution >= 4 is 46.8 Å². The molecule has 0 radical (unpaired) electrons. The number of ketones is 7. The van der Waals surface area contributed by atoms with E-state index in [2.05, 4.69) is 0 Å². The molecule has 0 aromatic heterocycles. The summed E-state index contributed by atoms with van der Waals surface area (Å²) >= 11 is 0. The Morgan fingerprint density at radius 2 is 0.753 bits per heavy atom. The van der Waals surface area contributed by atoms with E-state index in [1.807, 2.05) is 248 Å². The van der Waals surface area contributed by atoms with Crippen LogP contribution < -0.4 is 0 Å². The molecule has 0 heterocycles. The van der Waals surface area contributed by atoms with Crippen LogP contribution in [0.4, 0.5) is 0 Å². The van der Waals surface area contributed by atoms with Gasteiger partial charge in [-0.3, -0.25) is 33.6 Å². The molecule has 0 spiro atoms. The maximum atomic E-state index is 11.7. The number of Topliss-reactive ketones (excluding diaryl/α,β-unsaturated/α-hetero) is 7. The van der Waals surface area contributed by atoms with E-state index < -0.39 is 0 Å². The van der Waals surface area contributed by atoms with Gasteiger partial charge in [0.25, 0.3) is 0 Å². The zero-order valence-electron chi connectivity index (χ0n) is 54.9. The van der Waals surface area contributed by atoms with Crippen molar-refractivity contribution in [1.29, 1.82) is 0 Å². The summed E-state index contributed by atoms with van der Waals surface area (Å²) in [6.45, 7) is 54.2. The van der Waals surface area contributed by atoms with Crippen LogP contribution in [0.3, 0.4) is 0 Å². The first kappa shape index (κ1) is 79.3. The fourth-order valence-corrected chi connectivity index (χ4v) is 7.07. The second-order valence-electron chi connectivity index (χ2n) is 29.6. The molecule has 8 nitrogen and oxygen atoms in total. The van der Waals surface area contributed by atoms with Crippen molar-refractivity contribution in [2.45, 2.75) is 258 Å². The Bertz CT molecular complexity index is 1980. The molecule has 0 atom stereocenters. The number of carbonyl (C=O) groups is 8. The van der Waals surface area contributed by atoms with Crippen molar-refractivity contribution in [2.24, 2.45) is 61.1 Å². The second kappa shape index (κ2) is 35.4. The average Bonchev–Trinajstić information content (AvgIpc) is 4.04. The van der Waals surface area contributed by atoms with Gasteiger partial charge in [0.1, 0.15) is 41.0 Å². The van der Waals surface area contributed by atoms with Gasteiger partial charge >= 0.3 is 0 Å². The van der Waals surface area contributed by atoms with Crippen LogP contribution in [0.25, 0.3) is 0 Å². The van der Waals surface area contributed by atoms with Crippen LogP contribution >= 0.6 is 0 Å². The summed E-state index contributed by atoms with van der Waals surface area (Å²) in [5, 5.41) is 0. The van der Waals surface area contributed by atoms with Crippen molar-refractivity contribution in [1.82, 2.24) is 0 Å². The average molecular weight is 1080 g/mol. The molecule has 442 valence electrons. The molecule has 2 aliphatic rings. The van der Waals surface area contributed by atoms with Crippen LogP contribution in [-0.4, -0.2) is 46.8 Å². The molecule has 77 heavy (non-hydrogen) atoms. The van der Waals surface area contributed by atoms with Crippen LogP contribution in [0.5, 0.6) is 0 Å². The summed E-state index contributed by atoms with van der Waals surface area (Å²) < 4.78 is 0. The third-order valence-corrected chi connectivity index (χ3v) is 12.5. The molecule has 0 unspecified atom stereocenters. The Hall–Kier alpha value is -4.20. The molecule has 2 fully saturated rings. The Morgan fingerprint density at radius 3 is 0.935 bits per heavy atom. The zero-order chi connectivity index (χ0) is 61.8. The van der Waals surface area contributed by atoms with Gasteiger partial charge in [0, 0.05) is 79.5 Å². The molecule has 2 aliphatic carbocycles. The number of hydrogen-bond donors (Lipinski definition) is 0. The number of benzene rings is 2. The van der Waals surface area contributed by atoms with Gasteiger partial charge in [0.15, 0.2) is 5.78 Å². The monoisotopic (exact) mass is 1070 g/mol. The van der Waals surface area contributed by atoms with Gasteiger partial charge in [-0.05, 0) is 38.2 Å². The standard InChI is InChI=1S/C12H16O.C11H14O.2C10H18O.C8H16O.C7H14O.C6H12O.C5H10O/c1-12(2,3)11(13)9-10-7-5-4-6-8-10;1-11(2,3)10(12)9-7-5-4-6-8-9;2*1-10(2,3)9(11)8-6-4-5-7-8;1-6(2)7(9)8(3,4)5;1-5-6(8)7(2,3)4;1-5(7)6(2,3)4;1-5(2,3)4-6/h4-8H,9H2,1-3H3;4-8H,1-3H3;2*8H,4-7H2,1-3H3;6H,1-5H3;5H2,1-4H3;1-4H3;4H,1-3H3. The number of carbonyl (C=O) groups excluding carboxylic acids is 8.